The number of esters is 1. The first kappa shape index (κ1) is 18.7. The Morgan fingerprint density at radius 1 is 1.26 bits per heavy atom. The Labute approximate surface area is 136 Å². The molecule has 0 aromatic carbocycles. The van der Waals surface area contributed by atoms with Gasteiger partial charge in [0.05, 0.1) is 5.56 Å². The number of carbonyl (C=O) groups is 3. The first-order valence-electron chi connectivity index (χ1n) is 7.71. The fraction of sp³-hybridized carbons (Fsp3) is 0.562. The van der Waals surface area contributed by atoms with E-state index in [0.717, 1.165) is 17.8 Å². The van der Waals surface area contributed by atoms with Gasteiger partial charge >= 0.3 is 12.0 Å². The Bertz CT molecular complexity index is 590. The number of hydrogen-bond acceptors (Lipinski definition) is 4. The highest BCUT2D eigenvalue weighted by atomic mass is 16.5. The maximum atomic E-state index is 12.1. The zero-order valence-electron chi connectivity index (χ0n) is 14.4. The molecule has 128 valence electrons. The maximum absolute atomic E-state index is 12.1. The van der Waals surface area contributed by atoms with Gasteiger partial charge in [0.1, 0.15) is 0 Å². The molecule has 7 nitrogen and oxygen atoms in total. The summed E-state index contributed by atoms with van der Waals surface area (Å²) in [6, 6.07) is 1.37. The molecular formula is C16H25N3O4. The SMILES string of the molecule is CCCNC(=O)NC(=O)COC(=O)c1cc(C)n(C(C)C)c1C. The molecule has 0 aliphatic carbocycles. The van der Waals surface area contributed by atoms with Crippen LogP contribution in [0.4, 0.5) is 4.79 Å². The second kappa shape index (κ2) is 8.36. The Balaban J connectivity index is 2.59. The van der Waals surface area contributed by atoms with Crippen LogP contribution in [-0.2, 0) is 9.53 Å². The van der Waals surface area contributed by atoms with Gasteiger partial charge in [0.15, 0.2) is 6.61 Å². The minimum atomic E-state index is -0.662. The van der Waals surface area contributed by atoms with Crippen molar-refractivity contribution in [2.45, 2.75) is 47.1 Å². The van der Waals surface area contributed by atoms with E-state index in [4.69, 9.17) is 4.74 Å². The molecule has 0 saturated carbocycles. The third kappa shape index (κ3) is 5.12. The first-order valence-corrected chi connectivity index (χ1v) is 7.71. The maximum Gasteiger partial charge on any atom is 0.340 e. The number of nitrogens with one attached hydrogen (secondary N) is 2. The molecule has 7 heteroatoms. The fourth-order valence-electron chi connectivity index (χ4n) is 2.43. The van der Waals surface area contributed by atoms with Crippen LogP contribution in [0.3, 0.4) is 0 Å². The van der Waals surface area contributed by atoms with Crippen LogP contribution in [0.25, 0.3) is 0 Å². The smallest absolute Gasteiger partial charge is 0.340 e. The van der Waals surface area contributed by atoms with Crippen LogP contribution in [0, 0.1) is 13.8 Å². The minimum Gasteiger partial charge on any atom is -0.452 e. The van der Waals surface area contributed by atoms with E-state index in [2.05, 4.69) is 10.6 Å². The number of urea groups is 1. The lowest BCUT2D eigenvalue weighted by Gasteiger charge is -2.13. The zero-order valence-corrected chi connectivity index (χ0v) is 14.4. The van der Waals surface area contributed by atoms with Crippen molar-refractivity contribution in [1.29, 1.82) is 0 Å². The van der Waals surface area contributed by atoms with Gasteiger partial charge in [-0.15, -0.1) is 0 Å². The molecule has 2 N–H and O–H groups in total. The molecule has 0 bridgehead atoms. The molecule has 1 rings (SSSR count). The number of carbonyl (C=O) groups excluding carboxylic acids is 3. The van der Waals surface area contributed by atoms with E-state index in [1.807, 2.05) is 39.2 Å². The lowest BCUT2D eigenvalue weighted by atomic mass is 10.2. The van der Waals surface area contributed by atoms with Gasteiger partial charge in [-0.2, -0.15) is 0 Å². The van der Waals surface area contributed by atoms with Crippen molar-refractivity contribution < 1.29 is 19.1 Å². The molecule has 0 fully saturated rings. The Hall–Kier alpha value is -2.31. The summed E-state index contributed by atoms with van der Waals surface area (Å²) in [4.78, 5) is 35.0. The van der Waals surface area contributed by atoms with Gasteiger partial charge in [0.2, 0.25) is 0 Å². The van der Waals surface area contributed by atoms with Gasteiger partial charge in [-0.25, -0.2) is 9.59 Å². The number of nitrogens with zero attached hydrogens (tertiary/aromatic N) is 1. The Morgan fingerprint density at radius 2 is 1.91 bits per heavy atom. The molecule has 1 aromatic rings. The standard InChI is InChI=1S/C16H25N3O4/c1-6-7-17-16(22)18-14(20)9-23-15(21)13-8-11(4)19(10(2)3)12(13)5/h8,10H,6-7,9H2,1-5H3,(H2,17,18,20,22). The summed E-state index contributed by atoms with van der Waals surface area (Å²) >= 11 is 0. The van der Waals surface area contributed by atoms with E-state index in [-0.39, 0.29) is 6.04 Å². The third-order valence-electron chi connectivity index (χ3n) is 3.34. The number of ether oxygens (including phenoxy) is 1. The normalized spacial score (nSPS) is 10.5. The molecule has 23 heavy (non-hydrogen) atoms. The summed E-state index contributed by atoms with van der Waals surface area (Å²) in [6.45, 7) is 9.67. The summed E-state index contributed by atoms with van der Waals surface area (Å²) in [5.41, 5.74) is 2.18. The van der Waals surface area contributed by atoms with E-state index in [9.17, 15) is 14.4 Å². The number of aryl methyl sites for hydroxylation is 1. The van der Waals surface area contributed by atoms with E-state index < -0.39 is 24.5 Å². The van der Waals surface area contributed by atoms with Crippen LogP contribution in [-0.4, -0.2) is 35.6 Å². The van der Waals surface area contributed by atoms with Crippen molar-refractivity contribution in [2.75, 3.05) is 13.2 Å². The second-order valence-corrected chi connectivity index (χ2v) is 5.63. The summed E-state index contributed by atoms with van der Waals surface area (Å²) in [6.07, 6.45) is 0.766. The average molecular weight is 323 g/mol. The summed E-state index contributed by atoms with van der Waals surface area (Å²) in [5.74, 6) is -1.24. The monoisotopic (exact) mass is 323 g/mol. The third-order valence-corrected chi connectivity index (χ3v) is 3.34. The molecule has 0 aliphatic rings. The molecule has 0 aliphatic heterocycles. The lowest BCUT2D eigenvalue weighted by Crippen LogP contribution is -2.41. The molecule has 0 radical (unpaired) electrons. The summed E-state index contributed by atoms with van der Waals surface area (Å²) in [7, 11) is 0. The number of hydrogen-bond donors (Lipinski definition) is 2. The molecular weight excluding hydrogens is 298 g/mol. The van der Waals surface area contributed by atoms with E-state index in [1.54, 1.807) is 6.07 Å². The van der Waals surface area contributed by atoms with E-state index in [1.165, 1.54) is 0 Å². The second-order valence-electron chi connectivity index (χ2n) is 5.63. The van der Waals surface area contributed by atoms with Crippen molar-refractivity contribution in [3.63, 3.8) is 0 Å². The van der Waals surface area contributed by atoms with Crippen molar-refractivity contribution in [1.82, 2.24) is 15.2 Å². The van der Waals surface area contributed by atoms with Crippen molar-refractivity contribution in [3.8, 4) is 0 Å². The first-order chi connectivity index (χ1) is 10.8. The van der Waals surface area contributed by atoms with Crippen LogP contribution in [0.15, 0.2) is 6.07 Å². The molecule has 3 amide bonds. The van der Waals surface area contributed by atoms with Crippen LogP contribution in [0.1, 0.15) is 55.0 Å². The van der Waals surface area contributed by atoms with Gasteiger partial charge in [-0.05, 0) is 40.2 Å². The molecule has 0 atom stereocenters. The van der Waals surface area contributed by atoms with Crippen LogP contribution in [0.5, 0.6) is 0 Å². The van der Waals surface area contributed by atoms with Gasteiger partial charge in [-0.3, -0.25) is 10.1 Å². The van der Waals surface area contributed by atoms with Crippen LogP contribution in [0.2, 0.25) is 0 Å². The molecule has 0 unspecified atom stereocenters. The number of imide groups is 1. The van der Waals surface area contributed by atoms with E-state index in [0.29, 0.717) is 12.1 Å². The van der Waals surface area contributed by atoms with Crippen molar-refractivity contribution in [3.05, 3.63) is 23.0 Å². The minimum absolute atomic E-state index is 0.224. The Morgan fingerprint density at radius 3 is 2.43 bits per heavy atom. The van der Waals surface area contributed by atoms with Crippen molar-refractivity contribution >= 4 is 17.9 Å². The van der Waals surface area contributed by atoms with Crippen molar-refractivity contribution in [2.24, 2.45) is 0 Å². The summed E-state index contributed by atoms with van der Waals surface area (Å²) < 4.78 is 7.00. The predicted molar refractivity (Wildman–Crippen MR) is 86.4 cm³/mol. The Kier molecular flexibility index (Phi) is 6.81. The van der Waals surface area contributed by atoms with Gasteiger partial charge < -0.3 is 14.6 Å². The largest absolute Gasteiger partial charge is 0.452 e. The number of amides is 3. The molecule has 1 aromatic heterocycles. The fourth-order valence-corrected chi connectivity index (χ4v) is 2.43. The molecule has 0 saturated heterocycles. The topological polar surface area (TPSA) is 89.4 Å². The quantitative estimate of drug-likeness (QED) is 0.784. The lowest BCUT2D eigenvalue weighted by molar-refractivity contribution is -0.123. The van der Waals surface area contributed by atoms with Gasteiger partial charge in [-0.1, -0.05) is 6.92 Å². The predicted octanol–water partition coefficient (Wildman–Crippen LogP) is 2.08. The highest BCUT2D eigenvalue weighted by molar-refractivity contribution is 5.97. The van der Waals surface area contributed by atoms with Gasteiger partial charge in [0.25, 0.3) is 5.91 Å². The van der Waals surface area contributed by atoms with Crippen LogP contribution >= 0.6 is 0 Å². The molecule has 0 spiro atoms. The summed E-state index contributed by atoms with van der Waals surface area (Å²) in [5, 5.41) is 4.60. The highest BCUT2D eigenvalue weighted by Crippen LogP contribution is 2.20. The average Bonchev–Trinajstić information content (AvgIpc) is 2.77. The van der Waals surface area contributed by atoms with E-state index >= 15 is 0 Å². The number of rotatable bonds is 6. The number of aromatic nitrogens is 1. The molecule has 1 heterocycles. The van der Waals surface area contributed by atoms with Crippen LogP contribution < -0.4 is 10.6 Å². The van der Waals surface area contributed by atoms with Gasteiger partial charge in [0, 0.05) is 24.0 Å². The zero-order chi connectivity index (χ0) is 17.6. The highest BCUT2D eigenvalue weighted by Gasteiger charge is 2.19.